The topological polar surface area (TPSA) is 126 Å². The minimum absolute atomic E-state index is 0.0203. The van der Waals surface area contributed by atoms with Crippen LogP contribution in [0.15, 0.2) is 24.3 Å². The number of nitrogens with one attached hydrogen (secondary N) is 4. The summed E-state index contributed by atoms with van der Waals surface area (Å²) in [4.78, 5) is 44.9. The molecule has 0 radical (unpaired) electrons. The van der Waals surface area contributed by atoms with Crippen LogP contribution in [0.2, 0.25) is 0 Å². The van der Waals surface area contributed by atoms with E-state index in [1.54, 1.807) is 12.1 Å². The Morgan fingerprint density at radius 1 is 0.794 bits per heavy atom. The number of carbonyl (C=O) groups excluding carboxylic acids is 4. The van der Waals surface area contributed by atoms with Gasteiger partial charge >= 0.3 is 0 Å². The molecule has 9 heteroatoms. The van der Waals surface area contributed by atoms with Gasteiger partial charge in [-0.05, 0) is 37.0 Å². The monoisotopic (exact) mass is 478 g/mol. The second-order valence-electron chi connectivity index (χ2n) is 7.85. The van der Waals surface area contributed by atoms with Crippen molar-refractivity contribution in [2.24, 2.45) is 0 Å². The fourth-order valence-electron chi connectivity index (χ4n) is 2.74. The zero-order valence-corrected chi connectivity index (χ0v) is 21.1. The number of methoxy groups -OCH3 is 1. The molecule has 0 unspecified atom stereocenters. The van der Waals surface area contributed by atoms with Gasteiger partial charge in [0, 0.05) is 39.2 Å². The standard InChI is InChI=1S/C18H27N3O3.C7H15NO2/c1-3-4-5-12-19-18(24)13-20-17(23)11-8-15-6-9-16(10-7-15)21-14(2)22;1-3-4-5-8-7(9)6-10-2/h6-7,9-10H,3-5,8,11-13H2,1-2H3,(H,19,24)(H,20,23)(H,21,22);3-6H2,1-2H3,(H,8,9). The number of carbonyl (C=O) groups is 4. The summed E-state index contributed by atoms with van der Waals surface area (Å²) in [6.45, 7) is 7.26. The van der Waals surface area contributed by atoms with E-state index in [1.165, 1.54) is 14.0 Å². The van der Waals surface area contributed by atoms with E-state index in [-0.39, 0.29) is 36.8 Å². The summed E-state index contributed by atoms with van der Waals surface area (Å²) >= 11 is 0. The first-order valence-corrected chi connectivity index (χ1v) is 12.0. The van der Waals surface area contributed by atoms with Crippen molar-refractivity contribution < 1.29 is 23.9 Å². The van der Waals surface area contributed by atoms with E-state index in [1.807, 2.05) is 12.1 Å². The first kappa shape index (κ1) is 31.1. The molecule has 4 N–H and O–H groups in total. The number of hydrogen-bond donors (Lipinski definition) is 4. The number of hydrogen-bond acceptors (Lipinski definition) is 5. The van der Waals surface area contributed by atoms with Crippen molar-refractivity contribution in [3.63, 3.8) is 0 Å². The Morgan fingerprint density at radius 3 is 2.00 bits per heavy atom. The quantitative estimate of drug-likeness (QED) is 0.288. The summed E-state index contributed by atoms with van der Waals surface area (Å²) in [6, 6.07) is 7.36. The van der Waals surface area contributed by atoms with Crippen molar-refractivity contribution in [1.82, 2.24) is 16.0 Å². The van der Waals surface area contributed by atoms with Crippen LogP contribution in [0, 0.1) is 0 Å². The molecule has 0 fully saturated rings. The molecule has 0 bridgehead atoms. The maximum absolute atomic E-state index is 11.8. The van der Waals surface area contributed by atoms with Gasteiger partial charge in [-0.2, -0.15) is 0 Å². The Kier molecular flexibility index (Phi) is 18.9. The van der Waals surface area contributed by atoms with Crippen LogP contribution in [0.5, 0.6) is 0 Å². The van der Waals surface area contributed by atoms with E-state index in [4.69, 9.17) is 0 Å². The van der Waals surface area contributed by atoms with Crippen LogP contribution in [0.25, 0.3) is 0 Å². The van der Waals surface area contributed by atoms with Crippen LogP contribution in [0.3, 0.4) is 0 Å². The van der Waals surface area contributed by atoms with E-state index in [2.05, 4.69) is 39.9 Å². The maximum Gasteiger partial charge on any atom is 0.245 e. The summed E-state index contributed by atoms with van der Waals surface area (Å²) in [6.07, 6.45) is 6.21. The lowest BCUT2D eigenvalue weighted by atomic mass is 10.1. The molecule has 1 rings (SSSR count). The molecule has 1 aromatic carbocycles. The Morgan fingerprint density at radius 2 is 1.41 bits per heavy atom. The van der Waals surface area contributed by atoms with Crippen molar-refractivity contribution in [3.05, 3.63) is 29.8 Å². The number of anilines is 1. The average Bonchev–Trinajstić information content (AvgIpc) is 2.80. The Bertz CT molecular complexity index is 723. The maximum atomic E-state index is 11.8. The molecule has 0 spiro atoms. The molecule has 0 atom stereocenters. The molecule has 1 aromatic rings. The Labute approximate surface area is 203 Å². The van der Waals surface area contributed by atoms with Gasteiger partial charge in [0.1, 0.15) is 6.61 Å². The molecule has 0 saturated carbocycles. The fraction of sp³-hybridized carbons (Fsp3) is 0.600. The van der Waals surface area contributed by atoms with E-state index >= 15 is 0 Å². The SMILES string of the molecule is CCCCCNC(=O)CNC(=O)CCc1ccc(NC(C)=O)cc1.CCCCNC(=O)COC. The van der Waals surface area contributed by atoms with Gasteiger partial charge in [-0.1, -0.05) is 45.2 Å². The number of ether oxygens (including phenoxy) is 1. The molecule has 0 aliphatic carbocycles. The van der Waals surface area contributed by atoms with Gasteiger partial charge in [-0.25, -0.2) is 0 Å². The van der Waals surface area contributed by atoms with E-state index < -0.39 is 0 Å². The molecule has 0 aliphatic rings. The third-order valence-electron chi connectivity index (χ3n) is 4.59. The molecule has 34 heavy (non-hydrogen) atoms. The zero-order chi connectivity index (χ0) is 25.6. The number of unbranched alkanes of at least 4 members (excludes halogenated alkanes) is 3. The third-order valence-corrected chi connectivity index (χ3v) is 4.59. The minimum Gasteiger partial charge on any atom is -0.375 e. The highest BCUT2D eigenvalue weighted by atomic mass is 16.5. The molecule has 0 saturated heterocycles. The van der Waals surface area contributed by atoms with E-state index in [0.717, 1.165) is 49.9 Å². The Hall–Kier alpha value is -2.94. The first-order chi connectivity index (χ1) is 16.3. The van der Waals surface area contributed by atoms with Crippen LogP contribution in [0.4, 0.5) is 5.69 Å². The van der Waals surface area contributed by atoms with Crippen molar-refractivity contribution in [2.45, 2.75) is 65.7 Å². The highest BCUT2D eigenvalue weighted by Crippen LogP contribution is 2.11. The molecule has 0 heterocycles. The third kappa shape index (κ3) is 18.6. The van der Waals surface area contributed by atoms with Crippen molar-refractivity contribution in [2.75, 3.05) is 38.7 Å². The molecule has 0 aliphatic heterocycles. The highest BCUT2D eigenvalue weighted by molar-refractivity contribution is 5.88. The summed E-state index contributed by atoms with van der Waals surface area (Å²) in [5.74, 6) is -0.449. The number of aryl methyl sites for hydroxylation is 1. The Balaban J connectivity index is 0.000000916. The van der Waals surface area contributed by atoms with Crippen LogP contribution >= 0.6 is 0 Å². The van der Waals surface area contributed by atoms with E-state index in [0.29, 0.717) is 19.4 Å². The van der Waals surface area contributed by atoms with Gasteiger partial charge in [0.05, 0.1) is 6.54 Å². The predicted molar refractivity (Wildman–Crippen MR) is 134 cm³/mol. The van der Waals surface area contributed by atoms with Crippen LogP contribution in [0.1, 0.15) is 64.9 Å². The number of amides is 4. The van der Waals surface area contributed by atoms with Gasteiger partial charge in [0.15, 0.2) is 0 Å². The largest absolute Gasteiger partial charge is 0.375 e. The second kappa shape index (κ2) is 20.7. The van der Waals surface area contributed by atoms with Gasteiger partial charge in [0.2, 0.25) is 23.6 Å². The van der Waals surface area contributed by atoms with Gasteiger partial charge in [-0.15, -0.1) is 0 Å². The predicted octanol–water partition coefficient (Wildman–Crippen LogP) is 2.55. The molecule has 9 nitrogen and oxygen atoms in total. The van der Waals surface area contributed by atoms with Gasteiger partial charge in [0.25, 0.3) is 0 Å². The van der Waals surface area contributed by atoms with E-state index in [9.17, 15) is 19.2 Å². The van der Waals surface area contributed by atoms with Crippen molar-refractivity contribution >= 4 is 29.3 Å². The zero-order valence-electron chi connectivity index (χ0n) is 21.1. The summed E-state index contributed by atoms with van der Waals surface area (Å²) in [5.41, 5.74) is 1.73. The highest BCUT2D eigenvalue weighted by Gasteiger charge is 2.06. The molecule has 4 amide bonds. The lowest BCUT2D eigenvalue weighted by molar-refractivity contribution is -0.126. The lowest BCUT2D eigenvalue weighted by Gasteiger charge is -2.07. The molecular weight excluding hydrogens is 436 g/mol. The van der Waals surface area contributed by atoms with Gasteiger partial charge < -0.3 is 26.0 Å². The van der Waals surface area contributed by atoms with Crippen LogP contribution < -0.4 is 21.3 Å². The summed E-state index contributed by atoms with van der Waals surface area (Å²) < 4.78 is 4.62. The van der Waals surface area contributed by atoms with Crippen LogP contribution in [-0.2, 0) is 30.3 Å². The summed E-state index contributed by atoms with van der Waals surface area (Å²) in [5, 5.41) is 10.8. The molecule has 192 valence electrons. The normalized spacial score (nSPS) is 9.88. The molecule has 0 aromatic heterocycles. The smallest absolute Gasteiger partial charge is 0.245 e. The lowest BCUT2D eigenvalue weighted by Crippen LogP contribution is -2.37. The second-order valence-corrected chi connectivity index (χ2v) is 7.85. The number of benzene rings is 1. The average molecular weight is 479 g/mol. The van der Waals surface area contributed by atoms with Crippen LogP contribution in [-0.4, -0.2) is 57.0 Å². The first-order valence-electron chi connectivity index (χ1n) is 12.0. The number of rotatable bonds is 15. The fourth-order valence-corrected chi connectivity index (χ4v) is 2.74. The van der Waals surface area contributed by atoms with Crippen molar-refractivity contribution in [1.29, 1.82) is 0 Å². The minimum atomic E-state index is -0.154. The molecular formula is C25H42N4O5. The van der Waals surface area contributed by atoms with Crippen molar-refractivity contribution in [3.8, 4) is 0 Å². The van der Waals surface area contributed by atoms with Gasteiger partial charge in [-0.3, -0.25) is 19.2 Å². The summed E-state index contributed by atoms with van der Waals surface area (Å²) in [7, 11) is 1.51.